The zero-order valence-corrected chi connectivity index (χ0v) is 9.82. The zero-order chi connectivity index (χ0) is 11.1. The van der Waals surface area contributed by atoms with Gasteiger partial charge in [-0.1, -0.05) is 0 Å². The minimum absolute atomic E-state index is 0.373. The van der Waals surface area contributed by atoms with Gasteiger partial charge in [0.25, 0.3) is 0 Å². The third kappa shape index (κ3) is 4.93. The van der Waals surface area contributed by atoms with Crippen LogP contribution in [0.4, 0.5) is 0 Å². The van der Waals surface area contributed by atoms with Crippen LogP contribution in [-0.4, -0.2) is 62.2 Å². The molecule has 1 saturated heterocycles. The fraction of sp³-hybridized carbons (Fsp3) is 1.00. The smallest absolute Gasteiger partial charge is 0.0900 e. The Morgan fingerprint density at radius 1 is 1.47 bits per heavy atom. The Morgan fingerprint density at radius 2 is 2.27 bits per heavy atom. The van der Waals surface area contributed by atoms with E-state index in [4.69, 9.17) is 9.47 Å². The molecule has 0 bridgehead atoms. The van der Waals surface area contributed by atoms with Crippen molar-refractivity contribution in [1.82, 2.24) is 4.90 Å². The predicted molar refractivity (Wildman–Crippen MR) is 59.0 cm³/mol. The van der Waals surface area contributed by atoms with Crippen molar-refractivity contribution < 1.29 is 14.6 Å². The summed E-state index contributed by atoms with van der Waals surface area (Å²) in [5.41, 5.74) is 0. The van der Waals surface area contributed by atoms with Crippen LogP contribution in [0.3, 0.4) is 0 Å². The number of likely N-dealkylation sites (tertiary alicyclic amines) is 1. The Balaban J connectivity index is 2.04. The maximum absolute atomic E-state index is 9.72. The van der Waals surface area contributed by atoms with Gasteiger partial charge in [-0.15, -0.1) is 0 Å². The molecule has 0 aromatic rings. The summed E-state index contributed by atoms with van der Waals surface area (Å²) >= 11 is 0. The van der Waals surface area contributed by atoms with Crippen LogP contribution in [-0.2, 0) is 9.47 Å². The number of hydrogen-bond acceptors (Lipinski definition) is 4. The lowest BCUT2D eigenvalue weighted by Crippen LogP contribution is -2.37. The average Bonchev–Trinajstić information content (AvgIpc) is 2.59. The van der Waals surface area contributed by atoms with E-state index in [0.29, 0.717) is 25.9 Å². The average molecular weight is 217 g/mol. The number of ether oxygens (including phenoxy) is 2. The van der Waals surface area contributed by atoms with Crippen LogP contribution >= 0.6 is 0 Å². The van der Waals surface area contributed by atoms with Crippen LogP contribution in [0.5, 0.6) is 0 Å². The second-order valence-corrected chi connectivity index (χ2v) is 4.21. The lowest BCUT2D eigenvalue weighted by molar-refractivity contribution is -0.00131. The summed E-state index contributed by atoms with van der Waals surface area (Å²) in [5, 5.41) is 9.72. The summed E-state index contributed by atoms with van der Waals surface area (Å²) in [4.78, 5) is 2.32. The highest BCUT2D eigenvalue weighted by molar-refractivity contribution is 4.77. The zero-order valence-electron chi connectivity index (χ0n) is 9.82. The first-order valence-electron chi connectivity index (χ1n) is 5.73. The number of methoxy groups -OCH3 is 1. The molecule has 1 rings (SSSR count). The molecule has 0 aliphatic carbocycles. The second-order valence-electron chi connectivity index (χ2n) is 4.21. The third-order valence-electron chi connectivity index (χ3n) is 2.88. The molecule has 90 valence electrons. The molecule has 0 saturated carbocycles. The van der Waals surface area contributed by atoms with E-state index >= 15 is 0 Å². The van der Waals surface area contributed by atoms with Gasteiger partial charge in [0.05, 0.1) is 25.9 Å². The van der Waals surface area contributed by atoms with Gasteiger partial charge >= 0.3 is 0 Å². The van der Waals surface area contributed by atoms with Crippen molar-refractivity contribution in [2.75, 3.05) is 40.0 Å². The molecule has 4 heteroatoms. The van der Waals surface area contributed by atoms with E-state index in [1.165, 1.54) is 12.8 Å². The van der Waals surface area contributed by atoms with E-state index < -0.39 is 0 Å². The molecular weight excluding hydrogens is 194 g/mol. The van der Waals surface area contributed by atoms with Gasteiger partial charge in [-0.05, 0) is 26.3 Å². The van der Waals surface area contributed by atoms with Gasteiger partial charge in [-0.2, -0.15) is 0 Å². The summed E-state index contributed by atoms with van der Waals surface area (Å²) in [6.07, 6.45) is 2.12. The molecule has 1 aliphatic rings. The van der Waals surface area contributed by atoms with E-state index in [1.54, 1.807) is 7.11 Å². The molecule has 0 amide bonds. The number of aliphatic hydroxyl groups excluding tert-OH is 1. The highest BCUT2D eigenvalue weighted by Gasteiger charge is 2.22. The molecule has 2 atom stereocenters. The maximum Gasteiger partial charge on any atom is 0.0900 e. The molecule has 0 aromatic heterocycles. The Labute approximate surface area is 92.2 Å². The number of β-amino-alcohol motifs (C(OH)–C–C–N with tert-alkyl or cyclic N) is 1. The minimum atomic E-state index is -0.373. The van der Waals surface area contributed by atoms with Crippen molar-refractivity contribution >= 4 is 0 Å². The van der Waals surface area contributed by atoms with Crippen LogP contribution in [0.15, 0.2) is 0 Å². The van der Waals surface area contributed by atoms with E-state index in [-0.39, 0.29) is 6.10 Å². The lowest BCUT2D eigenvalue weighted by atomic mass is 10.2. The normalized spacial score (nSPS) is 24.6. The van der Waals surface area contributed by atoms with Gasteiger partial charge in [0.1, 0.15) is 0 Å². The van der Waals surface area contributed by atoms with Crippen LogP contribution in [0.25, 0.3) is 0 Å². The van der Waals surface area contributed by atoms with Gasteiger partial charge in [-0.3, -0.25) is 4.90 Å². The number of hydrogen-bond donors (Lipinski definition) is 1. The molecule has 0 spiro atoms. The first kappa shape index (κ1) is 12.9. The SMILES string of the molecule is COCCOCC(O)CN1CCCC1C. The molecule has 15 heavy (non-hydrogen) atoms. The molecule has 1 heterocycles. The summed E-state index contributed by atoms with van der Waals surface area (Å²) in [7, 11) is 1.64. The van der Waals surface area contributed by atoms with E-state index in [1.807, 2.05) is 0 Å². The largest absolute Gasteiger partial charge is 0.389 e. The molecule has 1 aliphatic heterocycles. The van der Waals surface area contributed by atoms with Crippen molar-refractivity contribution in [3.8, 4) is 0 Å². The van der Waals surface area contributed by atoms with Crippen molar-refractivity contribution in [3.05, 3.63) is 0 Å². The van der Waals surface area contributed by atoms with E-state index in [2.05, 4.69) is 11.8 Å². The molecule has 4 nitrogen and oxygen atoms in total. The Morgan fingerprint density at radius 3 is 2.87 bits per heavy atom. The molecular formula is C11H23NO3. The third-order valence-corrected chi connectivity index (χ3v) is 2.88. The van der Waals surface area contributed by atoms with Crippen molar-refractivity contribution in [1.29, 1.82) is 0 Å². The predicted octanol–water partition coefficient (Wildman–Crippen LogP) is 0.495. The lowest BCUT2D eigenvalue weighted by Gasteiger charge is -2.23. The summed E-state index contributed by atoms with van der Waals surface area (Å²) < 4.78 is 10.1. The quantitative estimate of drug-likeness (QED) is 0.630. The summed E-state index contributed by atoms with van der Waals surface area (Å²) in [6.45, 7) is 5.61. The molecule has 1 N–H and O–H groups in total. The van der Waals surface area contributed by atoms with Crippen LogP contribution in [0.2, 0.25) is 0 Å². The van der Waals surface area contributed by atoms with Crippen LogP contribution in [0, 0.1) is 0 Å². The topological polar surface area (TPSA) is 41.9 Å². The first-order valence-corrected chi connectivity index (χ1v) is 5.73. The highest BCUT2D eigenvalue weighted by Crippen LogP contribution is 2.16. The molecule has 2 unspecified atom stereocenters. The Kier molecular flexibility index (Phi) is 6.17. The Hall–Kier alpha value is -0.160. The van der Waals surface area contributed by atoms with Crippen molar-refractivity contribution in [2.45, 2.75) is 31.9 Å². The fourth-order valence-corrected chi connectivity index (χ4v) is 1.95. The standard InChI is InChI=1S/C11H23NO3/c1-10-4-3-5-12(10)8-11(13)9-15-7-6-14-2/h10-11,13H,3-9H2,1-2H3. The highest BCUT2D eigenvalue weighted by atomic mass is 16.5. The minimum Gasteiger partial charge on any atom is -0.389 e. The van der Waals surface area contributed by atoms with Crippen molar-refractivity contribution in [2.24, 2.45) is 0 Å². The van der Waals surface area contributed by atoms with Gasteiger partial charge in [0.2, 0.25) is 0 Å². The van der Waals surface area contributed by atoms with Crippen LogP contribution < -0.4 is 0 Å². The Bertz CT molecular complexity index is 166. The number of nitrogens with zero attached hydrogens (tertiary/aromatic N) is 1. The first-order chi connectivity index (χ1) is 7.24. The fourth-order valence-electron chi connectivity index (χ4n) is 1.95. The number of aliphatic hydroxyl groups is 1. The van der Waals surface area contributed by atoms with Crippen LogP contribution in [0.1, 0.15) is 19.8 Å². The van der Waals surface area contributed by atoms with E-state index in [0.717, 1.165) is 13.1 Å². The molecule has 0 aromatic carbocycles. The van der Waals surface area contributed by atoms with Gasteiger partial charge in [0.15, 0.2) is 0 Å². The monoisotopic (exact) mass is 217 g/mol. The molecule has 0 radical (unpaired) electrons. The van der Waals surface area contributed by atoms with Gasteiger partial charge in [-0.25, -0.2) is 0 Å². The number of rotatable bonds is 7. The van der Waals surface area contributed by atoms with Crippen molar-refractivity contribution in [3.63, 3.8) is 0 Å². The second kappa shape index (κ2) is 7.17. The van der Waals surface area contributed by atoms with Gasteiger partial charge < -0.3 is 14.6 Å². The maximum atomic E-state index is 9.72. The summed E-state index contributed by atoms with van der Waals surface area (Å²) in [6, 6.07) is 0.610. The van der Waals surface area contributed by atoms with Gasteiger partial charge in [0, 0.05) is 19.7 Å². The summed E-state index contributed by atoms with van der Waals surface area (Å²) in [5.74, 6) is 0. The molecule has 1 fully saturated rings. The van der Waals surface area contributed by atoms with E-state index in [9.17, 15) is 5.11 Å².